The molecule has 1 aliphatic rings. The Bertz CT molecular complexity index is 649. The number of nitrogens with one attached hydrogen (secondary N) is 2. The molecule has 0 aliphatic carbocycles. The van der Waals surface area contributed by atoms with E-state index in [9.17, 15) is 4.79 Å². The molecule has 2 N–H and O–H groups in total. The fraction of sp³-hybridized carbons (Fsp3) is 0.737. The summed E-state index contributed by atoms with van der Waals surface area (Å²) in [5.74, 6) is 0.802. The van der Waals surface area contributed by atoms with Crippen LogP contribution in [0.2, 0.25) is 0 Å². The number of aryl methyl sites for hydroxylation is 1. The van der Waals surface area contributed by atoms with Gasteiger partial charge in [0.25, 0.3) is 0 Å². The van der Waals surface area contributed by atoms with Gasteiger partial charge < -0.3 is 20.3 Å². The second kappa shape index (κ2) is 12.2. The molecule has 1 aliphatic heterocycles. The Morgan fingerprint density at radius 2 is 1.93 bits per heavy atom. The number of ether oxygens (including phenoxy) is 1. The molecular weight excluding hydrogens is 485 g/mol. The maximum Gasteiger partial charge on any atom is 0.410 e. The fourth-order valence-corrected chi connectivity index (χ4v) is 2.87. The number of aromatic nitrogens is 2. The van der Waals surface area contributed by atoms with Crippen LogP contribution in [0.5, 0.6) is 0 Å². The lowest BCUT2D eigenvalue weighted by Gasteiger charge is -2.35. The minimum absolute atomic E-state index is 0. The van der Waals surface area contributed by atoms with E-state index in [1.807, 2.05) is 38.6 Å². The van der Waals surface area contributed by atoms with Crippen molar-refractivity contribution in [2.75, 3.05) is 45.8 Å². The molecule has 2 rings (SSSR count). The molecule has 1 aromatic rings. The predicted molar refractivity (Wildman–Crippen MR) is 126 cm³/mol. The first-order chi connectivity index (χ1) is 13.3. The van der Waals surface area contributed by atoms with Crippen LogP contribution in [0.15, 0.2) is 17.3 Å². The van der Waals surface area contributed by atoms with Gasteiger partial charge in [-0.2, -0.15) is 5.10 Å². The normalized spacial score (nSPS) is 15.6. The summed E-state index contributed by atoms with van der Waals surface area (Å²) in [5, 5.41) is 10.8. The van der Waals surface area contributed by atoms with E-state index in [2.05, 4.69) is 32.5 Å². The topological polar surface area (TPSA) is 87.0 Å². The molecule has 1 fully saturated rings. The largest absolute Gasteiger partial charge is 0.444 e. The molecule has 1 amide bonds. The summed E-state index contributed by atoms with van der Waals surface area (Å²) in [7, 11) is 1.92. The van der Waals surface area contributed by atoms with Crippen LogP contribution in [0.25, 0.3) is 0 Å². The molecule has 1 saturated heterocycles. The molecular formula is C19H36IN7O2. The van der Waals surface area contributed by atoms with Crippen molar-refractivity contribution in [2.45, 2.75) is 39.8 Å². The zero-order chi connectivity index (χ0) is 20.6. The maximum absolute atomic E-state index is 12.1. The number of piperazine rings is 1. The van der Waals surface area contributed by atoms with Crippen LogP contribution in [0.3, 0.4) is 0 Å². The van der Waals surface area contributed by atoms with E-state index in [0.29, 0.717) is 19.6 Å². The summed E-state index contributed by atoms with van der Waals surface area (Å²) < 4.78 is 7.27. The van der Waals surface area contributed by atoms with Gasteiger partial charge in [0.2, 0.25) is 0 Å². The zero-order valence-corrected chi connectivity index (χ0v) is 20.6. The van der Waals surface area contributed by atoms with Crippen LogP contribution in [0.4, 0.5) is 4.79 Å². The number of rotatable bonds is 6. The van der Waals surface area contributed by atoms with Crippen LogP contribution in [-0.2, 0) is 18.3 Å². The van der Waals surface area contributed by atoms with Crippen molar-refractivity contribution in [3.05, 3.63) is 18.0 Å². The summed E-state index contributed by atoms with van der Waals surface area (Å²) in [4.78, 5) is 20.9. The van der Waals surface area contributed by atoms with Gasteiger partial charge in [-0.15, -0.1) is 24.0 Å². The number of carbonyl (C=O) groups excluding carboxylic acids is 1. The lowest BCUT2D eigenvalue weighted by atomic mass is 10.2. The van der Waals surface area contributed by atoms with Crippen LogP contribution < -0.4 is 10.6 Å². The molecule has 0 radical (unpaired) electrons. The Balaban J connectivity index is 0.00000420. The van der Waals surface area contributed by atoms with Crippen molar-refractivity contribution in [1.29, 1.82) is 0 Å². The first-order valence-electron chi connectivity index (χ1n) is 9.98. The van der Waals surface area contributed by atoms with E-state index in [1.54, 1.807) is 11.1 Å². The molecule has 0 spiro atoms. The molecule has 2 heterocycles. The van der Waals surface area contributed by atoms with Gasteiger partial charge in [0, 0.05) is 59.1 Å². The molecule has 1 aromatic heterocycles. The number of hydrogen-bond acceptors (Lipinski definition) is 5. The SMILES string of the molecule is CCNC(=NCc1ccnn1C)NCCN1CCN(C(=O)OC(C)(C)C)CC1.I. The summed E-state index contributed by atoms with van der Waals surface area (Å²) in [6.45, 7) is 13.9. The molecule has 9 nitrogen and oxygen atoms in total. The number of halogens is 1. The third-order valence-corrected chi connectivity index (χ3v) is 4.41. The van der Waals surface area contributed by atoms with E-state index in [4.69, 9.17) is 4.74 Å². The predicted octanol–water partition coefficient (Wildman–Crippen LogP) is 1.65. The summed E-state index contributed by atoms with van der Waals surface area (Å²) in [5.41, 5.74) is 0.616. The Labute approximate surface area is 191 Å². The van der Waals surface area contributed by atoms with Gasteiger partial charge in [0.05, 0.1) is 12.2 Å². The molecule has 166 valence electrons. The average molecular weight is 521 g/mol. The quantitative estimate of drug-likeness (QED) is 0.337. The molecule has 0 atom stereocenters. The summed E-state index contributed by atoms with van der Waals surface area (Å²) in [6.07, 6.45) is 1.56. The van der Waals surface area contributed by atoms with Crippen LogP contribution in [-0.4, -0.2) is 83.0 Å². The number of amides is 1. The van der Waals surface area contributed by atoms with E-state index >= 15 is 0 Å². The van der Waals surface area contributed by atoms with E-state index in [0.717, 1.165) is 44.4 Å². The lowest BCUT2D eigenvalue weighted by molar-refractivity contribution is 0.0147. The van der Waals surface area contributed by atoms with Gasteiger partial charge in [-0.3, -0.25) is 9.58 Å². The third-order valence-electron chi connectivity index (χ3n) is 4.41. The highest BCUT2D eigenvalue weighted by Gasteiger charge is 2.25. The van der Waals surface area contributed by atoms with Crippen molar-refractivity contribution in [3.63, 3.8) is 0 Å². The molecule has 0 unspecified atom stereocenters. The molecule has 0 saturated carbocycles. The maximum atomic E-state index is 12.1. The smallest absolute Gasteiger partial charge is 0.410 e. The monoisotopic (exact) mass is 521 g/mol. The highest BCUT2D eigenvalue weighted by Crippen LogP contribution is 2.11. The van der Waals surface area contributed by atoms with Crippen molar-refractivity contribution in [1.82, 2.24) is 30.2 Å². The van der Waals surface area contributed by atoms with Crippen LogP contribution in [0, 0.1) is 0 Å². The second-order valence-electron chi connectivity index (χ2n) is 7.88. The molecule has 10 heteroatoms. The van der Waals surface area contributed by atoms with Crippen molar-refractivity contribution in [2.24, 2.45) is 12.0 Å². The van der Waals surface area contributed by atoms with Gasteiger partial charge in [-0.25, -0.2) is 9.79 Å². The minimum atomic E-state index is -0.449. The van der Waals surface area contributed by atoms with Crippen LogP contribution >= 0.6 is 24.0 Å². The fourth-order valence-electron chi connectivity index (χ4n) is 2.87. The standard InChI is InChI=1S/C19H35N7O2.HI/c1-6-20-17(22-15-16-7-8-23-24(16)5)21-9-10-25-11-13-26(14-12-25)18(27)28-19(2,3)4;/h7-8H,6,9-15H2,1-5H3,(H2,20,21,22);1H. The first-order valence-corrected chi connectivity index (χ1v) is 9.98. The van der Waals surface area contributed by atoms with Crippen molar-refractivity contribution < 1.29 is 9.53 Å². The average Bonchev–Trinajstić information content (AvgIpc) is 3.03. The summed E-state index contributed by atoms with van der Waals surface area (Å²) >= 11 is 0. The number of aliphatic imine (C=N–C) groups is 1. The minimum Gasteiger partial charge on any atom is -0.444 e. The Morgan fingerprint density at radius 1 is 1.24 bits per heavy atom. The highest BCUT2D eigenvalue weighted by molar-refractivity contribution is 14.0. The number of hydrogen-bond donors (Lipinski definition) is 2. The molecule has 29 heavy (non-hydrogen) atoms. The van der Waals surface area contributed by atoms with Gasteiger partial charge in [0.15, 0.2) is 5.96 Å². The molecule has 0 bridgehead atoms. The van der Waals surface area contributed by atoms with Crippen molar-refractivity contribution in [3.8, 4) is 0 Å². The Hall–Kier alpha value is -1.56. The van der Waals surface area contributed by atoms with Crippen LogP contribution in [0.1, 0.15) is 33.4 Å². The first kappa shape index (κ1) is 25.5. The second-order valence-corrected chi connectivity index (χ2v) is 7.88. The Morgan fingerprint density at radius 3 is 2.48 bits per heavy atom. The van der Waals surface area contributed by atoms with Gasteiger partial charge >= 0.3 is 6.09 Å². The number of carbonyl (C=O) groups is 1. The Kier molecular flexibility index (Phi) is 10.7. The van der Waals surface area contributed by atoms with E-state index in [1.165, 1.54) is 0 Å². The number of guanidine groups is 1. The van der Waals surface area contributed by atoms with Gasteiger partial charge in [0.1, 0.15) is 5.60 Å². The van der Waals surface area contributed by atoms with Gasteiger partial charge in [-0.05, 0) is 33.8 Å². The number of nitrogens with zero attached hydrogens (tertiary/aromatic N) is 5. The van der Waals surface area contributed by atoms with E-state index in [-0.39, 0.29) is 30.1 Å². The van der Waals surface area contributed by atoms with Crippen molar-refractivity contribution >= 4 is 36.0 Å². The highest BCUT2D eigenvalue weighted by atomic mass is 127. The summed E-state index contributed by atoms with van der Waals surface area (Å²) in [6, 6.07) is 1.97. The zero-order valence-electron chi connectivity index (χ0n) is 18.3. The van der Waals surface area contributed by atoms with Gasteiger partial charge in [-0.1, -0.05) is 0 Å². The molecule has 0 aromatic carbocycles. The van der Waals surface area contributed by atoms with E-state index < -0.39 is 5.60 Å². The lowest BCUT2D eigenvalue weighted by Crippen LogP contribution is -2.51. The third kappa shape index (κ3) is 9.20.